The van der Waals surface area contributed by atoms with Gasteiger partial charge in [-0.25, -0.2) is 13.2 Å². The van der Waals surface area contributed by atoms with E-state index in [9.17, 15) is 13.2 Å². The van der Waals surface area contributed by atoms with Crippen LogP contribution in [0.5, 0.6) is 0 Å². The van der Waals surface area contributed by atoms with Crippen molar-refractivity contribution < 1.29 is 13.2 Å². The zero-order chi connectivity index (χ0) is 21.5. The van der Waals surface area contributed by atoms with Gasteiger partial charge in [-0.05, 0) is 67.1 Å². The average molecular weight is 407 g/mol. The molecular weight excluding hydrogens is 357 g/mol. The van der Waals surface area contributed by atoms with Crippen LogP contribution in [0, 0.1) is 34.0 Å². The van der Waals surface area contributed by atoms with Crippen LogP contribution in [0.15, 0.2) is 0 Å². The topological polar surface area (TPSA) is 0 Å². The summed E-state index contributed by atoms with van der Waals surface area (Å²) in [5.41, 5.74) is -0.148. The van der Waals surface area contributed by atoms with Crippen molar-refractivity contribution >= 4 is 0 Å². The molecule has 0 aliphatic heterocycles. The summed E-state index contributed by atoms with van der Waals surface area (Å²) in [4.78, 5) is 0. The van der Waals surface area contributed by atoms with Crippen LogP contribution in [-0.2, 0) is 0 Å². The molecule has 0 bridgehead atoms. The maximum Gasteiger partial charge on any atom is 0.251 e. The van der Waals surface area contributed by atoms with Gasteiger partial charge in [0.1, 0.15) is 5.67 Å². The van der Waals surface area contributed by atoms with Gasteiger partial charge >= 0.3 is 0 Å². The third-order valence-corrected chi connectivity index (χ3v) is 6.69. The predicted molar refractivity (Wildman–Crippen MR) is 118 cm³/mol. The number of halogens is 3. The number of hydrogen-bond acceptors (Lipinski definition) is 0. The van der Waals surface area contributed by atoms with Crippen molar-refractivity contribution in [3.05, 3.63) is 0 Å². The summed E-state index contributed by atoms with van der Waals surface area (Å²) in [6, 6.07) is 0. The Kier molecular flexibility index (Phi) is 8.82. The Morgan fingerprint density at radius 2 is 1.04 bits per heavy atom. The molecule has 3 aliphatic carbocycles. The molecule has 1 atom stereocenters. The normalized spacial score (nSPS) is 31.6. The minimum Gasteiger partial charge on any atom is -0.244 e. The molecule has 3 fully saturated rings. The summed E-state index contributed by atoms with van der Waals surface area (Å²) in [6.07, 6.45) is 5.26. The predicted octanol–water partition coefficient (Wildman–Crippen LogP) is 9.33. The zero-order valence-corrected chi connectivity index (χ0v) is 19.6. The van der Waals surface area contributed by atoms with Crippen LogP contribution in [0.25, 0.3) is 0 Å². The van der Waals surface area contributed by atoms with Gasteiger partial charge in [-0.2, -0.15) is 0 Å². The fourth-order valence-corrected chi connectivity index (χ4v) is 4.10. The van der Waals surface area contributed by atoms with Crippen molar-refractivity contribution in [3.63, 3.8) is 0 Å². The summed E-state index contributed by atoms with van der Waals surface area (Å²) in [6.45, 7) is 20.9. The molecule has 1 unspecified atom stereocenters. The van der Waals surface area contributed by atoms with E-state index in [0.717, 1.165) is 18.8 Å². The van der Waals surface area contributed by atoms with Crippen LogP contribution in [0.2, 0.25) is 0 Å². The molecule has 0 saturated heterocycles. The molecular formula is C25H49F3. The Labute approximate surface area is 174 Å². The first-order valence-corrected chi connectivity index (χ1v) is 10.8. The Morgan fingerprint density at radius 3 is 1.07 bits per heavy atom. The first kappa shape index (κ1) is 27.8. The molecule has 0 amide bonds. The molecule has 0 nitrogen and oxygen atoms in total. The van der Waals surface area contributed by atoms with Crippen LogP contribution < -0.4 is 0 Å². The van der Waals surface area contributed by atoms with Crippen LogP contribution in [-0.4, -0.2) is 11.6 Å². The van der Waals surface area contributed by atoms with E-state index in [2.05, 4.69) is 41.5 Å². The summed E-state index contributed by atoms with van der Waals surface area (Å²) in [5, 5.41) is 0. The number of alkyl halides is 3. The van der Waals surface area contributed by atoms with E-state index in [-0.39, 0.29) is 25.2 Å². The van der Waals surface area contributed by atoms with Gasteiger partial charge in [0.15, 0.2) is 0 Å². The van der Waals surface area contributed by atoms with Crippen molar-refractivity contribution in [2.75, 3.05) is 0 Å². The van der Waals surface area contributed by atoms with Gasteiger partial charge in [-0.1, -0.05) is 69.7 Å². The minimum absolute atomic E-state index is 0. The van der Waals surface area contributed by atoms with Gasteiger partial charge in [0.05, 0.1) is 0 Å². The SMILES string of the molecule is C.CC(C)(C)C1CC1.CC(C)(C)C1CCC1(F)F.CC1(F)CC(C(C)(C)C)C1. The second-order valence-electron chi connectivity index (χ2n) is 12.7. The number of hydrogen-bond donors (Lipinski definition) is 0. The fourth-order valence-electron chi connectivity index (χ4n) is 4.10. The van der Waals surface area contributed by atoms with E-state index >= 15 is 0 Å². The average Bonchev–Trinajstić information content (AvgIpc) is 3.16. The molecule has 3 saturated carbocycles. The zero-order valence-electron chi connectivity index (χ0n) is 19.6. The summed E-state index contributed by atoms with van der Waals surface area (Å²) in [7, 11) is 0. The highest BCUT2D eigenvalue weighted by molar-refractivity contribution is 4.96. The number of rotatable bonds is 0. The van der Waals surface area contributed by atoms with Gasteiger partial charge < -0.3 is 0 Å². The van der Waals surface area contributed by atoms with Gasteiger partial charge in [0.25, 0.3) is 5.92 Å². The second-order valence-corrected chi connectivity index (χ2v) is 12.7. The molecule has 3 heteroatoms. The highest BCUT2D eigenvalue weighted by Gasteiger charge is 2.53. The lowest BCUT2D eigenvalue weighted by Gasteiger charge is -2.46. The maximum atomic E-state index is 13.0. The Hall–Kier alpha value is -0.210. The maximum absolute atomic E-state index is 13.0. The van der Waals surface area contributed by atoms with Gasteiger partial charge in [0, 0.05) is 12.3 Å². The molecule has 0 aromatic rings. The standard InChI is InChI=1S/C9H17F.C8H14F2.C7H14.CH4/c1-8(2,3)7-5-9(4,10)6-7;1-7(2,3)6-4-5-8(6,9)10;1-7(2,3)6-4-5-6;/h7H,5-6H2,1-4H3;6H,4-5H2,1-3H3;6H,4-5H2,1-3H3;1H4. The molecule has 28 heavy (non-hydrogen) atoms. The summed E-state index contributed by atoms with van der Waals surface area (Å²) in [5.74, 6) is -1.12. The van der Waals surface area contributed by atoms with Crippen molar-refractivity contribution in [2.24, 2.45) is 34.0 Å². The van der Waals surface area contributed by atoms with Crippen molar-refractivity contribution in [2.45, 2.75) is 127 Å². The van der Waals surface area contributed by atoms with Crippen LogP contribution in [0.3, 0.4) is 0 Å². The Morgan fingerprint density at radius 1 is 0.643 bits per heavy atom. The van der Waals surface area contributed by atoms with Crippen molar-refractivity contribution in [3.8, 4) is 0 Å². The molecule has 0 aromatic heterocycles. The van der Waals surface area contributed by atoms with Gasteiger partial charge in [0.2, 0.25) is 0 Å². The van der Waals surface area contributed by atoms with Gasteiger partial charge in [-0.3, -0.25) is 0 Å². The van der Waals surface area contributed by atoms with Gasteiger partial charge in [-0.15, -0.1) is 0 Å². The molecule has 0 spiro atoms. The highest BCUT2D eigenvalue weighted by atomic mass is 19.3. The van der Waals surface area contributed by atoms with E-state index < -0.39 is 11.6 Å². The first-order chi connectivity index (χ1) is 11.8. The van der Waals surface area contributed by atoms with Crippen LogP contribution >= 0.6 is 0 Å². The fraction of sp³-hybridized carbons (Fsp3) is 1.00. The van der Waals surface area contributed by atoms with E-state index in [4.69, 9.17) is 0 Å². The van der Waals surface area contributed by atoms with E-state index in [0.29, 0.717) is 23.2 Å². The molecule has 0 heterocycles. The monoisotopic (exact) mass is 406 g/mol. The second kappa shape index (κ2) is 8.88. The lowest BCUT2D eigenvalue weighted by atomic mass is 9.62. The van der Waals surface area contributed by atoms with E-state index in [1.165, 1.54) is 12.8 Å². The Balaban J connectivity index is 0.000000390. The first-order valence-electron chi connectivity index (χ1n) is 10.8. The van der Waals surface area contributed by atoms with Crippen LogP contribution in [0.4, 0.5) is 13.2 Å². The minimum atomic E-state index is -2.38. The molecule has 170 valence electrons. The highest BCUT2D eigenvalue weighted by Crippen LogP contribution is 2.52. The quantitative estimate of drug-likeness (QED) is 0.376. The molecule has 0 radical (unpaired) electrons. The Bertz CT molecular complexity index is 449. The largest absolute Gasteiger partial charge is 0.251 e. The third kappa shape index (κ3) is 8.66. The molecule has 3 aliphatic rings. The van der Waals surface area contributed by atoms with Crippen molar-refractivity contribution in [1.82, 2.24) is 0 Å². The van der Waals surface area contributed by atoms with E-state index in [1.807, 2.05) is 20.8 Å². The summed E-state index contributed by atoms with van der Waals surface area (Å²) >= 11 is 0. The van der Waals surface area contributed by atoms with Crippen molar-refractivity contribution in [1.29, 1.82) is 0 Å². The lowest BCUT2D eigenvalue weighted by molar-refractivity contribution is -0.169. The molecule has 3 rings (SSSR count). The van der Waals surface area contributed by atoms with Crippen LogP contribution in [0.1, 0.15) is 115 Å². The summed E-state index contributed by atoms with van der Waals surface area (Å²) < 4.78 is 38.4. The lowest BCUT2D eigenvalue weighted by Crippen LogP contribution is -2.46. The molecule has 0 N–H and O–H groups in total. The molecule has 0 aromatic carbocycles. The smallest absolute Gasteiger partial charge is 0.244 e. The van der Waals surface area contributed by atoms with E-state index in [1.54, 1.807) is 6.92 Å². The third-order valence-electron chi connectivity index (χ3n) is 6.69.